The summed E-state index contributed by atoms with van der Waals surface area (Å²) in [6.45, 7) is -0.356. The van der Waals surface area contributed by atoms with Crippen molar-refractivity contribution in [3.8, 4) is 0 Å². The first-order chi connectivity index (χ1) is 7.29. The van der Waals surface area contributed by atoms with Gasteiger partial charge in [0.2, 0.25) is 0 Å². The Balaban J connectivity index is 3.50. The highest BCUT2D eigenvalue weighted by atomic mass is 35.5. The van der Waals surface area contributed by atoms with E-state index in [0.29, 0.717) is 6.20 Å². The molecule has 0 saturated carbocycles. The Morgan fingerprint density at radius 1 is 1.38 bits per heavy atom. The smallest absolute Gasteiger partial charge is 0.325 e. The molecule has 2 nitrogen and oxygen atoms in total. The van der Waals surface area contributed by atoms with Crippen molar-refractivity contribution in [3.63, 3.8) is 0 Å². The van der Waals surface area contributed by atoms with Crippen molar-refractivity contribution in [1.29, 1.82) is 0 Å². The lowest BCUT2D eigenvalue weighted by Gasteiger charge is -2.15. The molecule has 0 aliphatic rings. The highest BCUT2D eigenvalue weighted by Gasteiger charge is 2.39. The van der Waals surface area contributed by atoms with E-state index in [2.05, 4.69) is 4.98 Å². The van der Waals surface area contributed by atoms with Crippen LogP contribution < -0.4 is 5.73 Å². The van der Waals surface area contributed by atoms with E-state index in [1.54, 1.807) is 0 Å². The van der Waals surface area contributed by atoms with Crippen LogP contribution in [0.15, 0.2) is 6.20 Å². The first kappa shape index (κ1) is 13.1. The van der Waals surface area contributed by atoms with E-state index in [1.807, 2.05) is 0 Å². The number of hydrogen-bond acceptors (Lipinski definition) is 2. The van der Waals surface area contributed by atoms with Crippen molar-refractivity contribution in [2.24, 2.45) is 5.73 Å². The Kier molecular flexibility index (Phi) is 3.69. The average molecular weight is 261 g/mol. The van der Waals surface area contributed by atoms with E-state index in [1.165, 1.54) is 0 Å². The zero-order valence-corrected chi connectivity index (χ0v) is 8.41. The van der Waals surface area contributed by atoms with E-state index >= 15 is 0 Å². The van der Waals surface area contributed by atoms with Gasteiger partial charge in [-0.05, 0) is 0 Å². The van der Waals surface area contributed by atoms with E-state index in [9.17, 15) is 22.0 Å². The Morgan fingerprint density at radius 3 is 2.31 bits per heavy atom. The van der Waals surface area contributed by atoms with Gasteiger partial charge in [0.05, 0.1) is 16.3 Å². The molecule has 1 aromatic heterocycles. The van der Waals surface area contributed by atoms with E-state index in [0.717, 1.165) is 0 Å². The van der Waals surface area contributed by atoms with Gasteiger partial charge in [0.25, 0.3) is 6.43 Å². The predicted molar refractivity (Wildman–Crippen MR) is 47.1 cm³/mol. The molecule has 0 saturated heterocycles. The number of nitrogens with zero attached hydrogens (tertiary/aromatic N) is 1. The second-order valence-electron chi connectivity index (χ2n) is 2.85. The third kappa shape index (κ3) is 2.41. The van der Waals surface area contributed by atoms with Crippen LogP contribution in [0.25, 0.3) is 0 Å². The van der Waals surface area contributed by atoms with Crippen LogP contribution in [0.2, 0.25) is 5.02 Å². The fourth-order valence-corrected chi connectivity index (χ4v) is 1.48. The molecule has 90 valence electrons. The van der Waals surface area contributed by atoms with Crippen molar-refractivity contribution in [1.82, 2.24) is 4.98 Å². The molecular formula is C8H6ClF5N2. The fourth-order valence-electron chi connectivity index (χ4n) is 1.14. The van der Waals surface area contributed by atoms with Crippen molar-refractivity contribution < 1.29 is 22.0 Å². The summed E-state index contributed by atoms with van der Waals surface area (Å²) in [4.78, 5) is 3.36. The zero-order chi connectivity index (χ0) is 12.5. The largest absolute Gasteiger partial charge is 0.418 e. The molecule has 0 bridgehead atoms. The summed E-state index contributed by atoms with van der Waals surface area (Å²) in [5.41, 5.74) is 2.01. The average Bonchev–Trinajstić information content (AvgIpc) is 2.14. The molecule has 0 radical (unpaired) electrons. The molecule has 0 amide bonds. The summed E-state index contributed by atoms with van der Waals surface area (Å²) in [5.74, 6) is 0. The van der Waals surface area contributed by atoms with Gasteiger partial charge in [-0.1, -0.05) is 11.6 Å². The number of hydrogen-bond donors (Lipinski definition) is 1. The number of alkyl halides is 5. The number of pyridine rings is 1. The summed E-state index contributed by atoms with van der Waals surface area (Å²) in [7, 11) is 0. The summed E-state index contributed by atoms with van der Waals surface area (Å²) >= 11 is 5.35. The topological polar surface area (TPSA) is 38.9 Å². The summed E-state index contributed by atoms with van der Waals surface area (Å²) < 4.78 is 62.2. The second-order valence-corrected chi connectivity index (χ2v) is 3.23. The van der Waals surface area contributed by atoms with Gasteiger partial charge in [0, 0.05) is 18.3 Å². The van der Waals surface area contributed by atoms with Crippen LogP contribution in [-0.2, 0) is 12.7 Å². The first-order valence-electron chi connectivity index (χ1n) is 4.01. The minimum atomic E-state index is -4.96. The molecule has 0 aliphatic heterocycles. The van der Waals surface area contributed by atoms with Gasteiger partial charge in [-0.15, -0.1) is 0 Å². The molecular weight excluding hydrogens is 255 g/mol. The standard InChI is InChI=1S/C8H6ClF5N2/c9-6-4(1-15)16-2-3(7(10)11)5(6)8(12,13)14/h2,7H,1,15H2. The third-order valence-corrected chi connectivity index (χ3v) is 2.24. The minimum absolute atomic E-state index is 0.265. The molecule has 1 rings (SSSR count). The third-order valence-electron chi connectivity index (χ3n) is 1.83. The van der Waals surface area contributed by atoms with Crippen molar-refractivity contribution in [2.45, 2.75) is 19.1 Å². The van der Waals surface area contributed by atoms with Crippen LogP contribution in [0.3, 0.4) is 0 Å². The molecule has 0 spiro atoms. The second kappa shape index (κ2) is 4.50. The molecule has 2 N–H and O–H groups in total. The molecule has 1 heterocycles. The molecule has 0 fully saturated rings. The lowest BCUT2D eigenvalue weighted by Crippen LogP contribution is -2.14. The van der Waals surface area contributed by atoms with Crippen LogP contribution in [0.5, 0.6) is 0 Å². The van der Waals surface area contributed by atoms with E-state index < -0.39 is 28.8 Å². The van der Waals surface area contributed by atoms with Gasteiger partial charge < -0.3 is 5.73 Å². The lowest BCUT2D eigenvalue weighted by atomic mass is 10.1. The Morgan fingerprint density at radius 2 is 1.94 bits per heavy atom. The normalized spacial score (nSPS) is 12.2. The Hall–Kier alpha value is -0.950. The van der Waals surface area contributed by atoms with Crippen LogP contribution in [-0.4, -0.2) is 4.98 Å². The van der Waals surface area contributed by atoms with Crippen LogP contribution in [0.4, 0.5) is 22.0 Å². The fraction of sp³-hybridized carbons (Fsp3) is 0.375. The minimum Gasteiger partial charge on any atom is -0.325 e. The van der Waals surface area contributed by atoms with Gasteiger partial charge in [0.15, 0.2) is 0 Å². The van der Waals surface area contributed by atoms with Gasteiger partial charge >= 0.3 is 6.18 Å². The predicted octanol–water partition coefficient (Wildman–Crippen LogP) is 3.15. The maximum atomic E-state index is 12.5. The summed E-state index contributed by atoms with van der Waals surface area (Å²) in [6.07, 6.45) is -7.81. The van der Waals surface area contributed by atoms with Crippen LogP contribution in [0, 0.1) is 0 Å². The molecule has 0 unspecified atom stereocenters. The van der Waals surface area contributed by atoms with E-state index in [4.69, 9.17) is 17.3 Å². The quantitative estimate of drug-likeness (QED) is 0.830. The van der Waals surface area contributed by atoms with Gasteiger partial charge in [-0.2, -0.15) is 13.2 Å². The van der Waals surface area contributed by atoms with Crippen LogP contribution in [0.1, 0.15) is 23.2 Å². The molecule has 16 heavy (non-hydrogen) atoms. The number of halogens is 6. The van der Waals surface area contributed by atoms with Gasteiger partial charge in [-0.25, -0.2) is 8.78 Å². The van der Waals surface area contributed by atoms with Gasteiger partial charge in [-0.3, -0.25) is 4.98 Å². The molecule has 0 aromatic carbocycles. The Labute approximate surface area is 92.2 Å². The van der Waals surface area contributed by atoms with Gasteiger partial charge in [0.1, 0.15) is 0 Å². The number of aromatic nitrogens is 1. The highest BCUT2D eigenvalue weighted by molar-refractivity contribution is 6.32. The number of rotatable bonds is 2. The van der Waals surface area contributed by atoms with Crippen molar-refractivity contribution in [2.75, 3.05) is 0 Å². The highest BCUT2D eigenvalue weighted by Crippen LogP contribution is 2.41. The maximum Gasteiger partial charge on any atom is 0.418 e. The lowest BCUT2D eigenvalue weighted by molar-refractivity contribution is -0.139. The monoisotopic (exact) mass is 260 g/mol. The molecule has 8 heteroatoms. The van der Waals surface area contributed by atoms with Crippen molar-refractivity contribution in [3.05, 3.63) is 28.0 Å². The van der Waals surface area contributed by atoms with Crippen LogP contribution >= 0.6 is 11.6 Å². The maximum absolute atomic E-state index is 12.5. The van der Waals surface area contributed by atoms with Crippen molar-refractivity contribution >= 4 is 11.6 Å². The van der Waals surface area contributed by atoms with E-state index in [-0.39, 0.29) is 12.2 Å². The number of nitrogens with two attached hydrogens (primary N) is 1. The summed E-state index contributed by atoms with van der Waals surface area (Å²) in [6, 6.07) is 0. The summed E-state index contributed by atoms with van der Waals surface area (Å²) in [5, 5.41) is -0.868. The Bertz CT molecular complexity index is 391. The molecule has 0 atom stereocenters. The SMILES string of the molecule is NCc1ncc(C(F)F)c(C(F)(F)F)c1Cl. The zero-order valence-electron chi connectivity index (χ0n) is 7.65. The molecule has 0 aliphatic carbocycles. The first-order valence-corrected chi connectivity index (χ1v) is 4.39. The molecule has 1 aromatic rings.